The fourth-order valence-electron chi connectivity index (χ4n) is 4.96. The molecule has 0 radical (unpaired) electrons. The van der Waals surface area contributed by atoms with Gasteiger partial charge in [0.05, 0.1) is 37.0 Å². The van der Waals surface area contributed by atoms with Crippen LogP contribution in [0, 0.1) is 17.2 Å². The number of rotatable bonds is 7. The number of aromatic nitrogens is 4. The topological polar surface area (TPSA) is 129 Å². The smallest absolute Gasteiger partial charge is 0.254 e. The molecule has 2 aliphatic rings. The minimum Gasteiger partial charge on any atom is -0.353 e. The predicted molar refractivity (Wildman–Crippen MR) is 133 cm³/mol. The van der Waals surface area contributed by atoms with Crippen LogP contribution in [0.25, 0.3) is 11.3 Å². The standard InChI is InChI=1S/C26H28N8O2/c27-11-9-23(18-3-1-2-4-18)34-16-20(15-30-34)22-10-12-29-26(32-22)31-21-7-5-19(6-8-21)25(36)33-14-13-28-24(35)17-33/h5-8,10,12,15-16,18,23H,1-4,9,13-14,17H2,(H,28,35)(H,29,31,32). The summed E-state index contributed by atoms with van der Waals surface area (Å²) in [7, 11) is 0. The third kappa shape index (κ3) is 5.20. The van der Waals surface area contributed by atoms with E-state index >= 15 is 0 Å². The second kappa shape index (κ2) is 10.6. The van der Waals surface area contributed by atoms with Gasteiger partial charge in [-0.05, 0) is 49.1 Å². The number of benzene rings is 1. The quantitative estimate of drug-likeness (QED) is 0.526. The highest BCUT2D eigenvalue weighted by Crippen LogP contribution is 2.36. The van der Waals surface area contributed by atoms with E-state index in [1.54, 1.807) is 41.6 Å². The Hall–Kier alpha value is -4.26. The maximum absolute atomic E-state index is 12.7. The lowest BCUT2D eigenvalue weighted by molar-refractivity contribution is -0.123. The number of amides is 2. The van der Waals surface area contributed by atoms with Crippen LogP contribution < -0.4 is 10.6 Å². The summed E-state index contributed by atoms with van der Waals surface area (Å²) in [5, 5.41) is 19.8. The third-order valence-electron chi connectivity index (χ3n) is 6.85. The number of carbonyl (C=O) groups excluding carboxylic acids is 2. The summed E-state index contributed by atoms with van der Waals surface area (Å²) in [5.74, 6) is 0.604. The molecule has 3 heterocycles. The van der Waals surface area contributed by atoms with Gasteiger partial charge in [-0.25, -0.2) is 9.97 Å². The average Bonchev–Trinajstić information content (AvgIpc) is 3.61. The Labute approximate surface area is 209 Å². The van der Waals surface area contributed by atoms with Crippen LogP contribution in [0.3, 0.4) is 0 Å². The number of nitrogens with one attached hydrogen (secondary N) is 2. The van der Waals surface area contributed by atoms with Crippen molar-refractivity contribution in [2.24, 2.45) is 5.92 Å². The van der Waals surface area contributed by atoms with Crippen molar-refractivity contribution in [1.82, 2.24) is 30.0 Å². The Morgan fingerprint density at radius 2 is 2.03 bits per heavy atom. The molecule has 1 aliphatic carbocycles. The molecule has 3 aromatic rings. The molecule has 1 aliphatic heterocycles. The number of anilines is 2. The van der Waals surface area contributed by atoms with Gasteiger partial charge in [0, 0.05) is 42.3 Å². The van der Waals surface area contributed by atoms with Crippen molar-refractivity contribution in [2.45, 2.75) is 38.1 Å². The van der Waals surface area contributed by atoms with E-state index in [4.69, 9.17) is 0 Å². The summed E-state index contributed by atoms with van der Waals surface area (Å²) >= 11 is 0. The van der Waals surface area contributed by atoms with Gasteiger partial charge in [-0.3, -0.25) is 14.3 Å². The number of hydrogen-bond acceptors (Lipinski definition) is 7. The monoisotopic (exact) mass is 484 g/mol. The van der Waals surface area contributed by atoms with Gasteiger partial charge in [0.15, 0.2) is 0 Å². The van der Waals surface area contributed by atoms with Crippen molar-refractivity contribution < 1.29 is 9.59 Å². The lowest BCUT2D eigenvalue weighted by Crippen LogP contribution is -2.49. The van der Waals surface area contributed by atoms with Gasteiger partial charge in [0.1, 0.15) is 0 Å². The fourth-order valence-corrected chi connectivity index (χ4v) is 4.96. The van der Waals surface area contributed by atoms with Crippen molar-refractivity contribution in [3.63, 3.8) is 0 Å². The third-order valence-corrected chi connectivity index (χ3v) is 6.85. The molecule has 2 fully saturated rings. The SMILES string of the molecule is N#CCC(C1CCCC1)n1cc(-c2ccnc(Nc3ccc(C(=O)N4CCNC(=O)C4)cc3)n2)cn1. The van der Waals surface area contributed by atoms with E-state index in [9.17, 15) is 14.9 Å². The number of piperazine rings is 1. The van der Waals surface area contributed by atoms with Crippen LogP contribution in [0.1, 0.15) is 48.5 Å². The molecule has 10 heteroatoms. The van der Waals surface area contributed by atoms with Crippen LogP contribution in [0.15, 0.2) is 48.9 Å². The van der Waals surface area contributed by atoms with Crippen molar-refractivity contribution >= 4 is 23.5 Å². The molecule has 36 heavy (non-hydrogen) atoms. The summed E-state index contributed by atoms with van der Waals surface area (Å²) in [6.45, 7) is 1.05. The van der Waals surface area contributed by atoms with Crippen molar-refractivity contribution in [2.75, 3.05) is 25.0 Å². The molecule has 0 bridgehead atoms. The molecular weight excluding hydrogens is 456 g/mol. The predicted octanol–water partition coefficient (Wildman–Crippen LogP) is 3.30. The second-order valence-corrected chi connectivity index (χ2v) is 9.23. The van der Waals surface area contributed by atoms with Gasteiger partial charge in [0.2, 0.25) is 11.9 Å². The van der Waals surface area contributed by atoms with Crippen molar-refractivity contribution in [1.29, 1.82) is 5.26 Å². The molecule has 1 saturated heterocycles. The second-order valence-electron chi connectivity index (χ2n) is 9.23. The number of carbonyl (C=O) groups is 2. The van der Waals surface area contributed by atoms with Crippen molar-refractivity contribution in [3.05, 3.63) is 54.5 Å². The van der Waals surface area contributed by atoms with Gasteiger partial charge in [-0.15, -0.1) is 0 Å². The first-order valence-corrected chi connectivity index (χ1v) is 12.3. The van der Waals surface area contributed by atoms with Crippen molar-refractivity contribution in [3.8, 4) is 17.3 Å². The molecule has 5 rings (SSSR count). The lowest BCUT2D eigenvalue weighted by Gasteiger charge is -2.26. The molecule has 2 aromatic heterocycles. The first kappa shape index (κ1) is 23.5. The molecule has 1 unspecified atom stereocenters. The fraction of sp³-hybridized carbons (Fsp3) is 0.385. The molecule has 1 aromatic carbocycles. The largest absolute Gasteiger partial charge is 0.353 e. The number of nitriles is 1. The molecule has 1 saturated carbocycles. The molecule has 1 atom stereocenters. The zero-order valence-electron chi connectivity index (χ0n) is 19.9. The number of nitrogens with zero attached hydrogens (tertiary/aromatic N) is 6. The van der Waals surface area contributed by atoms with Gasteiger partial charge >= 0.3 is 0 Å². The molecule has 184 valence electrons. The van der Waals surface area contributed by atoms with E-state index < -0.39 is 0 Å². The van der Waals surface area contributed by atoms with E-state index in [0.29, 0.717) is 36.9 Å². The highest BCUT2D eigenvalue weighted by atomic mass is 16.2. The highest BCUT2D eigenvalue weighted by molar-refractivity contribution is 5.97. The summed E-state index contributed by atoms with van der Waals surface area (Å²) < 4.78 is 1.92. The van der Waals surface area contributed by atoms with Gasteiger partial charge in [-0.1, -0.05) is 12.8 Å². The van der Waals surface area contributed by atoms with Crippen LogP contribution in [-0.4, -0.2) is 56.1 Å². The van der Waals surface area contributed by atoms with Crippen LogP contribution in [0.5, 0.6) is 0 Å². The maximum Gasteiger partial charge on any atom is 0.254 e. The minimum absolute atomic E-state index is 0.0773. The van der Waals surface area contributed by atoms with E-state index in [1.807, 2.05) is 16.9 Å². The molecule has 10 nitrogen and oxygen atoms in total. The van der Waals surface area contributed by atoms with Crippen LogP contribution in [-0.2, 0) is 4.79 Å². The van der Waals surface area contributed by atoms with Gasteiger partial charge < -0.3 is 15.5 Å². The first-order valence-electron chi connectivity index (χ1n) is 12.3. The average molecular weight is 485 g/mol. The Kier molecular flexibility index (Phi) is 6.89. The minimum atomic E-state index is -0.168. The van der Waals surface area contributed by atoms with Crippen LogP contribution >= 0.6 is 0 Å². The lowest BCUT2D eigenvalue weighted by atomic mass is 9.96. The Morgan fingerprint density at radius 3 is 2.78 bits per heavy atom. The Bertz CT molecular complexity index is 1270. The van der Waals surface area contributed by atoms with E-state index in [1.165, 1.54) is 12.8 Å². The Morgan fingerprint density at radius 1 is 1.22 bits per heavy atom. The molecule has 2 amide bonds. The van der Waals surface area contributed by atoms with Crippen LogP contribution in [0.2, 0.25) is 0 Å². The Balaban J connectivity index is 1.27. The summed E-state index contributed by atoms with van der Waals surface area (Å²) in [6.07, 6.45) is 10.6. The van der Waals surface area contributed by atoms with Crippen LogP contribution in [0.4, 0.5) is 11.6 Å². The molecular formula is C26H28N8O2. The van der Waals surface area contributed by atoms with Gasteiger partial charge in [0.25, 0.3) is 5.91 Å². The zero-order valence-corrected chi connectivity index (χ0v) is 19.9. The number of hydrogen-bond donors (Lipinski definition) is 2. The van der Waals surface area contributed by atoms with E-state index in [2.05, 4.69) is 31.8 Å². The first-order chi connectivity index (χ1) is 17.6. The zero-order chi connectivity index (χ0) is 24.9. The molecule has 0 spiro atoms. The van der Waals surface area contributed by atoms with E-state index in [0.717, 1.165) is 29.8 Å². The van der Waals surface area contributed by atoms with E-state index in [-0.39, 0.29) is 24.4 Å². The summed E-state index contributed by atoms with van der Waals surface area (Å²) in [6, 6.07) is 11.3. The normalized spacial score (nSPS) is 16.9. The molecule has 2 N–H and O–H groups in total. The van der Waals surface area contributed by atoms with Gasteiger partial charge in [-0.2, -0.15) is 10.4 Å². The highest BCUT2D eigenvalue weighted by Gasteiger charge is 2.27. The maximum atomic E-state index is 12.7. The summed E-state index contributed by atoms with van der Waals surface area (Å²) in [5.41, 5.74) is 2.86. The summed E-state index contributed by atoms with van der Waals surface area (Å²) in [4.78, 5) is 34.7.